The number of thioether (sulfide) groups is 1. The topological polar surface area (TPSA) is 103 Å². The van der Waals surface area contributed by atoms with Crippen LogP contribution in [0.4, 0.5) is 5.69 Å². The van der Waals surface area contributed by atoms with Gasteiger partial charge in [0.2, 0.25) is 5.91 Å². The predicted octanol–water partition coefficient (Wildman–Crippen LogP) is 3.56. The average Bonchev–Trinajstić information content (AvgIpc) is 2.73. The van der Waals surface area contributed by atoms with Crippen molar-refractivity contribution in [3.05, 3.63) is 63.2 Å². The third-order valence-corrected chi connectivity index (χ3v) is 5.07. The Morgan fingerprint density at radius 2 is 1.93 bits per heavy atom. The van der Waals surface area contributed by atoms with Crippen LogP contribution in [0.3, 0.4) is 0 Å². The highest BCUT2D eigenvalue weighted by Gasteiger charge is 2.12. The first kappa shape index (κ1) is 22.2. The number of hydrogen-bond donors (Lipinski definition) is 1. The number of nitrogens with one attached hydrogen (secondary N) is 1. The molecule has 0 radical (unpaired) electrons. The number of benzene rings is 2. The molecular formula is C20H23N3O5S. The number of non-ortho nitro benzene ring substituents is 1. The molecule has 1 amide bonds. The molecule has 8 nitrogen and oxygen atoms in total. The van der Waals surface area contributed by atoms with Gasteiger partial charge in [0.1, 0.15) is 11.5 Å². The van der Waals surface area contributed by atoms with Gasteiger partial charge in [0.05, 0.1) is 31.1 Å². The van der Waals surface area contributed by atoms with Crippen LogP contribution in [0, 0.1) is 10.1 Å². The number of methoxy groups -OCH3 is 2. The maximum absolute atomic E-state index is 12.0. The maximum atomic E-state index is 12.0. The zero-order valence-electron chi connectivity index (χ0n) is 16.5. The standard InChI is InChI=1S/C20H23N3O5S/c1-4-17-18(27-2)10-7-15(20(17)28-3)11-21-22-19(24)13-29-12-14-5-8-16(9-6-14)23(25)26/h5-11H,4,12-13H2,1-3H3,(H,22,24)/b21-11-. The van der Waals surface area contributed by atoms with Gasteiger partial charge >= 0.3 is 0 Å². The van der Waals surface area contributed by atoms with E-state index in [2.05, 4.69) is 10.5 Å². The smallest absolute Gasteiger partial charge is 0.269 e. The van der Waals surface area contributed by atoms with E-state index >= 15 is 0 Å². The normalized spacial score (nSPS) is 10.7. The number of amides is 1. The predicted molar refractivity (Wildman–Crippen MR) is 114 cm³/mol. The van der Waals surface area contributed by atoms with Crippen molar-refractivity contribution in [2.24, 2.45) is 5.10 Å². The molecule has 0 fully saturated rings. The summed E-state index contributed by atoms with van der Waals surface area (Å²) in [5.41, 5.74) is 5.12. The van der Waals surface area contributed by atoms with Crippen LogP contribution >= 0.6 is 11.8 Å². The van der Waals surface area contributed by atoms with Crippen molar-refractivity contribution in [1.29, 1.82) is 0 Å². The lowest BCUT2D eigenvalue weighted by Gasteiger charge is -2.13. The van der Waals surface area contributed by atoms with E-state index in [0.29, 0.717) is 11.5 Å². The van der Waals surface area contributed by atoms with Crippen molar-refractivity contribution in [2.45, 2.75) is 19.1 Å². The minimum Gasteiger partial charge on any atom is -0.496 e. The molecule has 0 aliphatic heterocycles. The fourth-order valence-electron chi connectivity index (χ4n) is 2.68. The molecule has 0 spiro atoms. The van der Waals surface area contributed by atoms with Crippen LogP contribution in [0.2, 0.25) is 0 Å². The molecule has 0 bridgehead atoms. The van der Waals surface area contributed by atoms with Crippen molar-refractivity contribution >= 4 is 29.6 Å². The van der Waals surface area contributed by atoms with E-state index in [-0.39, 0.29) is 17.3 Å². The first-order chi connectivity index (χ1) is 14.0. The summed E-state index contributed by atoms with van der Waals surface area (Å²) in [5, 5.41) is 14.7. The lowest BCUT2D eigenvalue weighted by Crippen LogP contribution is -2.19. The van der Waals surface area contributed by atoms with Crippen molar-refractivity contribution in [1.82, 2.24) is 5.43 Å². The molecule has 154 valence electrons. The van der Waals surface area contributed by atoms with E-state index in [1.165, 1.54) is 30.1 Å². The van der Waals surface area contributed by atoms with Gasteiger partial charge in [-0.3, -0.25) is 14.9 Å². The first-order valence-corrected chi connectivity index (χ1v) is 10.0. The van der Waals surface area contributed by atoms with Gasteiger partial charge in [-0.1, -0.05) is 19.1 Å². The SMILES string of the molecule is CCc1c(OC)ccc(/C=N\NC(=O)CSCc2ccc([N+](=O)[O-])cc2)c1OC. The number of nitrogens with zero attached hydrogens (tertiary/aromatic N) is 2. The summed E-state index contributed by atoms with van der Waals surface area (Å²) >= 11 is 1.40. The van der Waals surface area contributed by atoms with Gasteiger partial charge in [0, 0.05) is 29.0 Å². The molecule has 2 rings (SSSR count). The number of carbonyl (C=O) groups excluding carboxylic acids is 1. The van der Waals surface area contributed by atoms with Gasteiger partial charge in [0.25, 0.3) is 5.69 Å². The van der Waals surface area contributed by atoms with Crippen LogP contribution < -0.4 is 14.9 Å². The van der Waals surface area contributed by atoms with Crippen molar-refractivity contribution in [3.8, 4) is 11.5 Å². The molecule has 9 heteroatoms. The molecule has 1 N–H and O–H groups in total. The lowest BCUT2D eigenvalue weighted by molar-refractivity contribution is -0.384. The molecule has 0 saturated carbocycles. The van der Waals surface area contributed by atoms with Crippen LogP contribution in [-0.4, -0.2) is 37.0 Å². The van der Waals surface area contributed by atoms with Gasteiger partial charge in [-0.2, -0.15) is 5.10 Å². The molecule has 0 saturated heterocycles. The van der Waals surface area contributed by atoms with Crippen LogP contribution in [0.15, 0.2) is 41.5 Å². The zero-order chi connectivity index (χ0) is 21.2. The van der Waals surface area contributed by atoms with Crippen LogP contribution in [0.25, 0.3) is 0 Å². The highest BCUT2D eigenvalue weighted by atomic mass is 32.2. The van der Waals surface area contributed by atoms with E-state index in [0.717, 1.165) is 28.9 Å². The Kier molecular flexibility index (Phi) is 8.47. The van der Waals surface area contributed by atoms with Crippen LogP contribution in [-0.2, 0) is 17.0 Å². The van der Waals surface area contributed by atoms with E-state index < -0.39 is 4.92 Å². The van der Waals surface area contributed by atoms with Gasteiger partial charge in [-0.05, 0) is 24.1 Å². The average molecular weight is 417 g/mol. The lowest BCUT2D eigenvalue weighted by atomic mass is 10.1. The Bertz CT molecular complexity index is 884. The summed E-state index contributed by atoms with van der Waals surface area (Å²) < 4.78 is 10.8. The van der Waals surface area contributed by atoms with Gasteiger partial charge < -0.3 is 9.47 Å². The fourth-order valence-corrected chi connectivity index (χ4v) is 3.46. The summed E-state index contributed by atoms with van der Waals surface area (Å²) in [4.78, 5) is 22.2. The molecular weight excluding hydrogens is 394 g/mol. The molecule has 0 unspecified atom stereocenters. The maximum Gasteiger partial charge on any atom is 0.269 e. The molecule has 0 aromatic heterocycles. The second-order valence-electron chi connectivity index (χ2n) is 5.93. The van der Waals surface area contributed by atoms with Crippen LogP contribution in [0.1, 0.15) is 23.6 Å². The Morgan fingerprint density at radius 3 is 2.52 bits per heavy atom. The van der Waals surface area contributed by atoms with Gasteiger partial charge in [0.15, 0.2) is 0 Å². The third kappa shape index (κ3) is 6.21. The highest BCUT2D eigenvalue weighted by Crippen LogP contribution is 2.31. The monoisotopic (exact) mass is 417 g/mol. The molecule has 0 atom stereocenters. The molecule has 2 aromatic carbocycles. The number of ether oxygens (including phenoxy) is 2. The van der Waals surface area contributed by atoms with Gasteiger partial charge in [-0.15, -0.1) is 11.8 Å². The molecule has 29 heavy (non-hydrogen) atoms. The Balaban J connectivity index is 1.87. The van der Waals surface area contributed by atoms with Crippen molar-refractivity contribution < 1.29 is 19.2 Å². The largest absolute Gasteiger partial charge is 0.496 e. The van der Waals surface area contributed by atoms with Gasteiger partial charge in [-0.25, -0.2) is 5.43 Å². The van der Waals surface area contributed by atoms with E-state index in [9.17, 15) is 14.9 Å². The van der Waals surface area contributed by atoms with E-state index in [1.807, 2.05) is 19.1 Å². The highest BCUT2D eigenvalue weighted by molar-refractivity contribution is 7.99. The van der Waals surface area contributed by atoms with Crippen molar-refractivity contribution in [2.75, 3.05) is 20.0 Å². The quantitative estimate of drug-likeness (QED) is 0.360. The summed E-state index contributed by atoms with van der Waals surface area (Å²) in [6.45, 7) is 2.01. The summed E-state index contributed by atoms with van der Waals surface area (Å²) in [6.07, 6.45) is 2.27. The molecule has 2 aromatic rings. The Labute approximate surface area is 173 Å². The second kappa shape index (κ2) is 11.1. The minimum atomic E-state index is -0.441. The molecule has 0 aliphatic rings. The fraction of sp³-hybridized carbons (Fsp3) is 0.300. The Hall–Kier alpha value is -3.07. The summed E-state index contributed by atoms with van der Waals surface area (Å²) in [6, 6.07) is 9.92. The number of carbonyl (C=O) groups is 1. The number of nitro groups is 1. The summed E-state index contributed by atoms with van der Waals surface area (Å²) in [7, 11) is 3.19. The summed E-state index contributed by atoms with van der Waals surface area (Å²) in [5.74, 6) is 1.96. The van der Waals surface area contributed by atoms with Crippen molar-refractivity contribution in [3.63, 3.8) is 0 Å². The minimum absolute atomic E-state index is 0.0472. The Morgan fingerprint density at radius 1 is 1.21 bits per heavy atom. The zero-order valence-corrected chi connectivity index (χ0v) is 17.3. The second-order valence-corrected chi connectivity index (χ2v) is 6.92. The first-order valence-electron chi connectivity index (χ1n) is 8.87. The molecule has 0 heterocycles. The van der Waals surface area contributed by atoms with E-state index in [1.54, 1.807) is 26.4 Å². The number of hydrazone groups is 1. The number of hydrogen-bond acceptors (Lipinski definition) is 7. The molecule has 0 aliphatic carbocycles. The van der Waals surface area contributed by atoms with E-state index in [4.69, 9.17) is 9.47 Å². The number of rotatable bonds is 10. The number of nitro benzene ring substituents is 1. The third-order valence-electron chi connectivity index (χ3n) is 4.07. The van der Waals surface area contributed by atoms with Crippen LogP contribution in [0.5, 0.6) is 11.5 Å².